The number of alkyl halides is 3. The minimum Gasteiger partial charge on any atom is -0.477 e. The SMILES string of the molecule is CCCCCCCCC(F)C(F)(F)C(=O)O. The highest BCUT2D eigenvalue weighted by Crippen LogP contribution is 2.26. The smallest absolute Gasteiger partial charge is 0.377 e. The second-order valence-electron chi connectivity index (χ2n) is 3.95. The predicted octanol–water partition coefficient (Wildman–Crippen LogP) is 3.80. The molecule has 0 heterocycles. The van der Waals surface area contributed by atoms with E-state index in [0.717, 1.165) is 25.7 Å². The Labute approximate surface area is 93.8 Å². The summed E-state index contributed by atoms with van der Waals surface area (Å²) in [6.45, 7) is 2.06. The van der Waals surface area contributed by atoms with Crippen LogP contribution < -0.4 is 0 Å². The first kappa shape index (κ1) is 15.3. The molecule has 0 radical (unpaired) electrons. The maximum absolute atomic E-state index is 12.9. The molecule has 1 unspecified atom stereocenters. The lowest BCUT2D eigenvalue weighted by Crippen LogP contribution is -2.38. The summed E-state index contributed by atoms with van der Waals surface area (Å²) in [5.41, 5.74) is 0. The molecule has 0 amide bonds. The van der Waals surface area contributed by atoms with E-state index in [0.29, 0.717) is 12.8 Å². The summed E-state index contributed by atoms with van der Waals surface area (Å²) in [7, 11) is 0. The molecule has 0 rings (SSSR count). The van der Waals surface area contributed by atoms with Crippen molar-refractivity contribution < 1.29 is 23.1 Å². The molecular formula is C11H19F3O2. The van der Waals surface area contributed by atoms with Gasteiger partial charge in [0.1, 0.15) is 0 Å². The fraction of sp³-hybridized carbons (Fsp3) is 0.909. The third-order valence-electron chi connectivity index (χ3n) is 2.49. The molecule has 0 aliphatic heterocycles. The Hall–Kier alpha value is -0.740. The average molecular weight is 240 g/mol. The first-order valence-electron chi connectivity index (χ1n) is 5.68. The molecule has 0 aliphatic rings. The summed E-state index contributed by atoms with van der Waals surface area (Å²) in [5, 5.41) is 8.09. The Balaban J connectivity index is 3.65. The van der Waals surface area contributed by atoms with Crippen molar-refractivity contribution in [1.82, 2.24) is 0 Å². The first-order chi connectivity index (χ1) is 7.42. The van der Waals surface area contributed by atoms with Crippen LogP contribution in [-0.4, -0.2) is 23.2 Å². The number of carbonyl (C=O) groups is 1. The van der Waals surface area contributed by atoms with Gasteiger partial charge >= 0.3 is 11.9 Å². The van der Waals surface area contributed by atoms with Gasteiger partial charge in [-0.3, -0.25) is 0 Å². The lowest BCUT2D eigenvalue weighted by Gasteiger charge is -2.15. The molecule has 1 atom stereocenters. The lowest BCUT2D eigenvalue weighted by molar-refractivity contribution is -0.175. The average Bonchev–Trinajstić information content (AvgIpc) is 2.22. The van der Waals surface area contributed by atoms with Crippen LogP contribution in [0.15, 0.2) is 0 Å². The maximum Gasteiger partial charge on any atom is 0.377 e. The van der Waals surface area contributed by atoms with E-state index in [4.69, 9.17) is 5.11 Å². The molecule has 5 heteroatoms. The molecule has 0 saturated heterocycles. The van der Waals surface area contributed by atoms with Crippen LogP contribution in [0.5, 0.6) is 0 Å². The Bertz CT molecular complexity index is 207. The van der Waals surface area contributed by atoms with Crippen LogP contribution in [0.2, 0.25) is 0 Å². The maximum atomic E-state index is 12.9. The zero-order valence-electron chi connectivity index (χ0n) is 9.52. The lowest BCUT2D eigenvalue weighted by atomic mass is 10.0. The third kappa shape index (κ3) is 5.37. The normalized spacial score (nSPS) is 13.8. The highest BCUT2D eigenvalue weighted by atomic mass is 19.3. The molecule has 0 aromatic heterocycles. The second kappa shape index (κ2) is 7.52. The van der Waals surface area contributed by atoms with Crippen LogP contribution >= 0.6 is 0 Å². The van der Waals surface area contributed by atoms with E-state index in [9.17, 15) is 18.0 Å². The topological polar surface area (TPSA) is 37.3 Å². The van der Waals surface area contributed by atoms with Crippen molar-refractivity contribution in [3.8, 4) is 0 Å². The molecule has 2 nitrogen and oxygen atoms in total. The van der Waals surface area contributed by atoms with Gasteiger partial charge in [0.25, 0.3) is 0 Å². The van der Waals surface area contributed by atoms with Crippen molar-refractivity contribution in [1.29, 1.82) is 0 Å². The number of unbranched alkanes of at least 4 members (excludes halogenated alkanes) is 5. The monoisotopic (exact) mass is 240 g/mol. The fourth-order valence-electron chi connectivity index (χ4n) is 1.42. The summed E-state index contributed by atoms with van der Waals surface area (Å²) in [6, 6.07) is 0. The molecule has 96 valence electrons. The van der Waals surface area contributed by atoms with Crippen molar-refractivity contribution >= 4 is 5.97 Å². The van der Waals surface area contributed by atoms with E-state index in [1.54, 1.807) is 0 Å². The number of hydrogen-bond donors (Lipinski definition) is 1. The van der Waals surface area contributed by atoms with Gasteiger partial charge in [0.2, 0.25) is 0 Å². The molecule has 1 N–H and O–H groups in total. The molecule has 0 aromatic rings. The van der Waals surface area contributed by atoms with Crippen LogP contribution in [0.25, 0.3) is 0 Å². The standard InChI is InChI=1S/C11H19F3O2/c1-2-3-4-5-6-7-8-9(12)11(13,14)10(15)16/h9H,2-8H2,1H3,(H,15,16). The summed E-state index contributed by atoms with van der Waals surface area (Å²) in [4.78, 5) is 10.0. The van der Waals surface area contributed by atoms with Gasteiger partial charge in [-0.2, -0.15) is 8.78 Å². The molecule has 0 fully saturated rings. The quantitative estimate of drug-likeness (QED) is 0.622. The van der Waals surface area contributed by atoms with Crippen molar-refractivity contribution in [2.24, 2.45) is 0 Å². The predicted molar refractivity (Wildman–Crippen MR) is 55.5 cm³/mol. The number of rotatable bonds is 9. The molecule has 0 aromatic carbocycles. The van der Waals surface area contributed by atoms with Crippen LogP contribution in [-0.2, 0) is 4.79 Å². The Morgan fingerprint density at radius 1 is 1.19 bits per heavy atom. The van der Waals surface area contributed by atoms with Crippen molar-refractivity contribution in [2.45, 2.75) is 64.0 Å². The minimum absolute atomic E-state index is 0.313. The third-order valence-corrected chi connectivity index (χ3v) is 2.49. The fourth-order valence-corrected chi connectivity index (χ4v) is 1.42. The van der Waals surface area contributed by atoms with Crippen molar-refractivity contribution in [2.75, 3.05) is 0 Å². The summed E-state index contributed by atoms with van der Waals surface area (Å²) < 4.78 is 38.1. The Morgan fingerprint density at radius 3 is 2.19 bits per heavy atom. The van der Waals surface area contributed by atoms with Gasteiger partial charge < -0.3 is 5.11 Å². The highest BCUT2D eigenvalue weighted by molar-refractivity contribution is 5.76. The molecule has 0 aliphatic carbocycles. The first-order valence-corrected chi connectivity index (χ1v) is 5.68. The number of carboxylic acid groups (broad SMARTS) is 1. The molecule has 0 spiro atoms. The van der Waals surface area contributed by atoms with Crippen LogP contribution in [0.3, 0.4) is 0 Å². The van der Waals surface area contributed by atoms with E-state index in [2.05, 4.69) is 6.92 Å². The van der Waals surface area contributed by atoms with Gasteiger partial charge in [-0.1, -0.05) is 45.4 Å². The Morgan fingerprint density at radius 2 is 1.69 bits per heavy atom. The highest BCUT2D eigenvalue weighted by Gasteiger charge is 2.47. The van der Waals surface area contributed by atoms with E-state index in [1.807, 2.05) is 0 Å². The molecule has 0 bridgehead atoms. The van der Waals surface area contributed by atoms with Crippen LogP contribution in [0.4, 0.5) is 13.2 Å². The van der Waals surface area contributed by atoms with Crippen molar-refractivity contribution in [3.63, 3.8) is 0 Å². The zero-order chi connectivity index (χ0) is 12.6. The van der Waals surface area contributed by atoms with Crippen LogP contribution in [0, 0.1) is 0 Å². The van der Waals surface area contributed by atoms with Gasteiger partial charge in [0, 0.05) is 0 Å². The summed E-state index contributed by atoms with van der Waals surface area (Å²) in [6.07, 6.45) is 2.11. The molecular weight excluding hydrogens is 221 g/mol. The number of carboxylic acids is 1. The molecule has 0 saturated carbocycles. The van der Waals surface area contributed by atoms with Gasteiger partial charge in [-0.25, -0.2) is 9.18 Å². The Kier molecular flexibility index (Phi) is 7.17. The van der Waals surface area contributed by atoms with Gasteiger partial charge in [-0.05, 0) is 6.42 Å². The second-order valence-corrected chi connectivity index (χ2v) is 3.95. The van der Waals surface area contributed by atoms with E-state index >= 15 is 0 Å². The zero-order valence-corrected chi connectivity index (χ0v) is 9.52. The number of hydrogen-bond acceptors (Lipinski definition) is 1. The van der Waals surface area contributed by atoms with Gasteiger partial charge in [0.05, 0.1) is 0 Å². The van der Waals surface area contributed by atoms with E-state index < -0.39 is 18.1 Å². The van der Waals surface area contributed by atoms with E-state index in [1.165, 1.54) is 0 Å². The van der Waals surface area contributed by atoms with E-state index in [-0.39, 0.29) is 6.42 Å². The van der Waals surface area contributed by atoms with Gasteiger partial charge in [-0.15, -0.1) is 0 Å². The van der Waals surface area contributed by atoms with Crippen LogP contribution in [0.1, 0.15) is 51.9 Å². The van der Waals surface area contributed by atoms with Gasteiger partial charge in [0.15, 0.2) is 6.17 Å². The summed E-state index contributed by atoms with van der Waals surface area (Å²) in [5.74, 6) is -6.63. The molecule has 16 heavy (non-hydrogen) atoms. The largest absolute Gasteiger partial charge is 0.477 e. The number of aliphatic carboxylic acids is 1. The van der Waals surface area contributed by atoms with Crippen molar-refractivity contribution in [3.05, 3.63) is 0 Å². The minimum atomic E-state index is -4.25. The number of halogens is 3. The summed E-state index contributed by atoms with van der Waals surface area (Å²) >= 11 is 0.